The Balaban J connectivity index is 1.98. The third-order valence-corrected chi connectivity index (χ3v) is 4.55. The lowest BCUT2D eigenvalue weighted by molar-refractivity contribution is -0.150. The van der Waals surface area contributed by atoms with Crippen molar-refractivity contribution in [3.8, 4) is 0 Å². The molecule has 3 nitrogen and oxygen atoms in total. The van der Waals surface area contributed by atoms with Crippen LogP contribution in [0.15, 0.2) is 12.3 Å². The molecular weight excluding hydrogens is 190 g/mol. The quantitative estimate of drug-likeness (QED) is 0.713. The smallest absolute Gasteiger partial charge is 0.330 e. The summed E-state index contributed by atoms with van der Waals surface area (Å²) in [6.07, 6.45) is 9.58. The zero-order valence-electron chi connectivity index (χ0n) is 8.85. The van der Waals surface area contributed by atoms with Crippen LogP contribution in [0.1, 0.15) is 32.1 Å². The Morgan fingerprint density at radius 2 is 2.20 bits per heavy atom. The Kier molecular flexibility index (Phi) is 1.85. The van der Waals surface area contributed by atoms with E-state index >= 15 is 0 Å². The van der Waals surface area contributed by atoms with Gasteiger partial charge in [-0.1, -0.05) is 18.9 Å². The molecule has 0 aromatic rings. The van der Waals surface area contributed by atoms with Gasteiger partial charge in [-0.05, 0) is 30.9 Å². The number of rotatable bonds is 1. The second kappa shape index (κ2) is 3.00. The van der Waals surface area contributed by atoms with Gasteiger partial charge in [0, 0.05) is 13.0 Å². The van der Waals surface area contributed by atoms with Crippen LogP contribution in [0, 0.1) is 11.8 Å². The highest BCUT2D eigenvalue weighted by Crippen LogP contribution is 2.50. The monoisotopic (exact) mass is 207 g/mol. The van der Waals surface area contributed by atoms with Crippen molar-refractivity contribution in [3.63, 3.8) is 0 Å². The topological polar surface area (TPSA) is 40.5 Å². The van der Waals surface area contributed by atoms with Gasteiger partial charge in [-0.2, -0.15) is 0 Å². The van der Waals surface area contributed by atoms with Gasteiger partial charge in [-0.25, -0.2) is 4.79 Å². The van der Waals surface area contributed by atoms with E-state index in [0.717, 1.165) is 13.0 Å². The lowest BCUT2D eigenvalue weighted by Crippen LogP contribution is -2.50. The molecule has 1 saturated heterocycles. The molecule has 1 aliphatic carbocycles. The summed E-state index contributed by atoms with van der Waals surface area (Å²) in [5.41, 5.74) is -0.564. The van der Waals surface area contributed by atoms with Gasteiger partial charge in [0.15, 0.2) is 0 Å². The molecular formula is C12H17NO2. The molecule has 1 N–H and O–H groups in total. The van der Waals surface area contributed by atoms with Gasteiger partial charge in [0.1, 0.15) is 5.54 Å². The third-order valence-electron chi connectivity index (χ3n) is 4.55. The van der Waals surface area contributed by atoms with Crippen LogP contribution in [0.3, 0.4) is 0 Å². The minimum atomic E-state index is -0.609. The maximum absolute atomic E-state index is 11.6. The maximum atomic E-state index is 11.6. The predicted molar refractivity (Wildman–Crippen MR) is 56.3 cm³/mol. The summed E-state index contributed by atoms with van der Waals surface area (Å²) in [6, 6.07) is 0. The summed E-state index contributed by atoms with van der Waals surface area (Å²) < 4.78 is 0. The number of aliphatic carboxylic acids is 1. The molecule has 3 aliphatic rings. The number of fused-ring (bicyclic) bond motifs is 3. The summed E-state index contributed by atoms with van der Waals surface area (Å²) in [6.45, 7) is 0.966. The van der Waals surface area contributed by atoms with Crippen LogP contribution in [0.4, 0.5) is 0 Å². The van der Waals surface area contributed by atoms with E-state index in [1.165, 1.54) is 19.3 Å². The molecule has 15 heavy (non-hydrogen) atoms. The minimum absolute atomic E-state index is 0.388. The fraction of sp³-hybridized carbons (Fsp3) is 0.750. The molecule has 0 aromatic carbocycles. The van der Waals surface area contributed by atoms with E-state index < -0.39 is 11.5 Å². The standard InChI is InChI=1S/C12H17NO2/c14-11(15)12-6-3-7-13(12)8-9-4-1-2-5-10(9)12/h3,7,9-10H,1-2,4-6,8H2,(H,14,15)/t9-,10-,12+/m1/s1. The average molecular weight is 207 g/mol. The highest BCUT2D eigenvalue weighted by atomic mass is 16.4. The first-order valence-electron chi connectivity index (χ1n) is 5.92. The molecule has 2 heterocycles. The Morgan fingerprint density at radius 1 is 1.40 bits per heavy atom. The highest BCUT2D eigenvalue weighted by Gasteiger charge is 2.58. The van der Waals surface area contributed by atoms with Gasteiger partial charge >= 0.3 is 5.97 Å². The maximum Gasteiger partial charge on any atom is 0.330 e. The first kappa shape index (κ1) is 9.25. The van der Waals surface area contributed by atoms with Crippen LogP contribution in [0.5, 0.6) is 0 Å². The Labute approximate surface area is 89.8 Å². The molecule has 3 rings (SSSR count). The largest absolute Gasteiger partial charge is 0.479 e. The van der Waals surface area contributed by atoms with Crippen molar-refractivity contribution in [2.24, 2.45) is 11.8 Å². The SMILES string of the molecule is O=C(O)[C@@]12CC=CN1C[C@H]1CCCC[C@H]12. The van der Waals surface area contributed by atoms with Gasteiger partial charge in [-0.15, -0.1) is 0 Å². The number of carboxylic acids is 1. The van der Waals surface area contributed by atoms with Gasteiger partial charge in [-0.3, -0.25) is 0 Å². The Morgan fingerprint density at radius 3 is 3.00 bits per heavy atom. The zero-order chi connectivity index (χ0) is 10.5. The fourth-order valence-electron chi connectivity index (χ4n) is 3.87. The van der Waals surface area contributed by atoms with Crippen molar-refractivity contribution >= 4 is 5.97 Å². The molecule has 2 fully saturated rings. The van der Waals surface area contributed by atoms with E-state index in [0.29, 0.717) is 18.3 Å². The Hall–Kier alpha value is -0.990. The van der Waals surface area contributed by atoms with Crippen LogP contribution in [-0.2, 0) is 4.79 Å². The van der Waals surface area contributed by atoms with E-state index in [-0.39, 0.29) is 0 Å². The van der Waals surface area contributed by atoms with Crippen LogP contribution in [-0.4, -0.2) is 28.1 Å². The number of hydrogen-bond acceptors (Lipinski definition) is 2. The molecule has 1 saturated carbocycles. The van der Waals surface area contributed by atoms with E-state index in [1.807, 2.05) is 12.3 Å². The van der Waals surface area contributed by atoms with Crippen LogP contribution in [0.2, 0.25) is 0 Å². The lowest BCUT2D eigenvalue weighted by Gasteiger charge is -2.36. The second-order valence-corrected chi connectivity index (χ2v) is 5.12. The number of carboxylic acid groups (broad SMARTS) is 1. The normalized spacial score (nSPS) is 42.8. The van der Waals surface area contributed by atoms with E-state index in [2.05, 4.69) is 4.90 Å². The van der Waals surface area contributed by atoms with Gasteiger partial charge in [0.05, 0.1) is 0 Å². The number of nitrogens with zero attached hydrogens (tertiary/aromatic N) is 1. The molecule has 0 aromatic heterocycles. The lowest BCUT2D eigenvalue weighted by atomic mass is 9.71. The van der Waals surface area contributed by atoms with E-state index in [4.69, 9.17) is 0 Å². The summed E-state index contributed by atoms with van der Waals surface area (Å²) in [5, 5.41) is 9.53. The average Bonchev–Trinajstić information content (AvgIpc) is 2.73. The van der Waals surface area contributed by atoms with Crippen molar-refractivity contribution in [2.75, 3.05) is 6.54 Å². The van der Waals surface area contributed by atoms with E-state index in [9.17, 15) is 9.90 Å². The number of carbonyl (C=O) groups is 1. The first-order valence-corrected chi connectivity index (χ1v) is 5.92. The number of hydrogen-bond donors (Lipinski definition) is 1. The van der Waals surface area contributed by atoms with Crippen molar-refractivity contribution < 1.29 is 9.90 Å². The van der Waals surface area contributed by atoms with Crippen molar-refractivity contribution in [1.82, 2.24) is 4.90 Å². The predicted octanol–water partition coefficient (Wildman–Crippen LogP) is 1.85. The van der Waals surface area contributed by atoms with E-state index in [1.54, 1.807) is 0 Å². The third kappa shape index (κ3) is 1.04. The molecule has 0 bridgehead atoms. The minimum Gasteiger partial charge on any atom is -0.479 e. The first-order chi connectivity index (χ1) is 7.25. The van der Waals surface area contributed by atoms with Crippen molar-refractivity contribution in [3.05, 3.63) is 12.3 Å². The summed E-state index contributed by atoms with van der Waals surface area (Å²) in [7, 11) is 0. The highest BCUT2D eigenvalue weighted by molar-refractivity contribution is 5.81. The molecule has 3 atom stereocenters. The van der Waals surface area contributed by atoms with Gasteiger partial charge in [0.2, 0.25) is 0 Å². The van der Waals surface area contributed by atoms with Crippen molar-refractivity contribution in [1.29, 1.82) is 0 Å². The van der Waals surface area contributed by atoms with Gasteiger partial charge < -0.3 is 10.0 Å². The fourth-order valence-corrected chi connectivity index (χ4v) is 3.87. The molecule has 82 valence electrons. The molecule has 0 radical (unpaired) electrons. The molecule has 0 spiro atoms. The van der Waals surface area contributed by atoms with Crippen LogP contribution >= 0.6 is 0 Å². The van der Waals surface area contributed by atoms with Crippen molar-refractivity contribution in [2.45, 2.75) is 37.6 Å². The zero-order valence-corrected chi connectivity index (χ0v) is 8.85. The molecule has 2 aliphatic heterocycles. The summed E-state index contributed by atoms with van der Waals surface area (Å²) in [4.78, 5) is 13.7. The van der Waals surface area contributed by atoms with Gasteiger partial charge in [0.25, 0.3) is 0 Å². The molecule has 0 unspecified atom stereocenters. The Bertz CT molecular complexity index is 326. The molecule has 0 amide bonds. The van der Waals surface area contributed by atoms with Crippen LogP contribution < -0.4 is 0 Å². The second-order valence-electron chi connectivity index (χ2n) is 5.12. The molecule has 3 heteroatoms. The van der Waals surface area contributed by atoms with Crippen LogP contribution in [0.25, 0.3) is 0 Å². The summed E-state index contributed by atoms with van der Waals surface area (Å²) in [5.74, 6) is 0.403. The summed E-state index contributed by atoms with van der Waals surface area (Å²) >= 11 is 0.